The van der Waals surface area contributed by atoms with Crippen molar-refractivity contribution in [3.8, 4) is 0 Å². The van der Waals surface area contributed by atoms with Crippen LogP contribution in [0.3, 0.4) is 0 Å². The summed E-state index contributed by atoms with van der Waals surface area (Å²) in [7, 11) is -3.68. The number of thioether (sulfide) groups is 1. The van der Waals surface area contributed by atoms with Crippen LogP contribution in [0.25, 0.3) is 0 Å². The summed E-state index contributed by atoms with van der Waals surface area (Å²) in [6, 6.07) is 6.24. The summed E-state index contributed by atoms with van der Waals surface area (Å²) in [5.74, 6) is 0.680. The summed E-state index contributed by atoms with van der Waals surface area (Å²) in [5.41, 5.74) is 0.467. The number of nitrogens with zero attached hydrogens (tertiary/aromatic N) is 1. The van der Waals surface area contributed by atoms with Crippen LogP contribution in [0, 0.1) is 0 Å². The van der Waals surface area contributed by atoms with Gasteiger partial charge in [-0.15, -0.1) is 0 Å². The second-order valence-electron chi connectivity index (χ2n) is 5.25. The van der Waals surface area contributed by atoms with Crippen molar-refractivity contribution in [1.29, 1.82) is 0 Å². The molecule has 1 aromatic rings. The largest absolute Gasteiger partial charge is 0.325 e. The summed E-state index contributed by atoms with van der Waals surface area (Å²) in [5, 5.41) is 2.69. The van der Waals surface area contributed by atoms with Gasteiger partial charge in [-0.3, -0.25) is 14.5 Å². The minimum absolute atomic E-state index is 0.117. The number of hydrogen-bond donors (Lipinski definition) is 2. The smallest absolute Gasteiger partial charge is 0.262 e. The molecule has 6 nitrogen and oxygen atoms in total. The van der Waals surface area contributed by atoms with E-state index in [0.29, 0.717) is 30.2 Å². The van der Waals surface area contributed by atoms with E-state index < -0.39 is 10.0 Å². The molecule has 8 heteroatoms. The molecule has 0 saturated carbocycles. The second-order valence-corrected chi connectivity index (χ2v) is 7.80. The van der Waals surface area contributed by atoms with Crippen molar-refractivity contribution in [3.63, 3.8) is 0 Å². The van der Waals surface area contributed by atoms with Gasteiger partial charge in [0.15, 0.2) is 0 Å². The predicted octanol–water partition coefficient (Wildman–Crippen LogP) is 2.24. The molecule has 0 bridgehead atoms. The first-order chi connectivity index (χ1) is 11.0. The number of benzene rings is 1. The van der Waals surface area contributed by atoms with Gasteiger partial charge in [-0.2, -0.15) is 11.8 Å². The minimum Gasteiger partial charge on any atom is -0.325 e. The highest BCUT2D eigenvalue weighted by Gasteiger charge is 2.17. The summed E-state index contributed by atoms with van der Waals surface area (Å²) in [6.45, 7) is 0.655. The number of nitrogens with one attached hydrogen (secondary N) is 2. The molecule has 23 heavy (non-hydrogen) atoms. The fourth-order valence-electron chi connectivity index (χ4n) is 2.24. The molecule has 0 unspecified atom stereocenters. The van der Waals surface area contributed by atoms with Gasteiger partial charge in [-0.1, -0.05) is 12.5 Å². The van der Waals surface area contributed by atoms with Crippen LogP contribution in [0.1, 0.15) is 25.7 Å². The van der Waals surface area contributed by atoms with Crippen LogP contribution >= 0.6 is 11.8 Å². The Kier molecular flexibility index (Phi) is 6.47. The lowest BCUT2D eigenvalue weighted by Crippen LogP contribution is -2.30. The monoisotopic (exact) mass is 355 g/mol. The lowest BCUT2D eigenvalue weighted by atomic mass is 10.2. The molecule has 2 N–H and O–H groups in total. The molecular weight excluding hydrogens is 334 g/mol. The van der Waals surface area contributed by atoms with Crippen LogP contribution in [0.4, 0.5) is 5.69 Å². The number of anilines is 1. The molecule has 0 aliphatic carbocycles. The molecule has 1 heterocycles. The van der Waals surface area contributed by atoms with Gasteiger partial charge in [-0.05, 0) is 37.3 Å². The normalized spacial score (nSPS) is 15.4. The number of carbonyl (C=O) groups excluding carboxylic acids is 1. The Morgan fingerprint density at radius 3 is 2.91 bits per heavy atom. The average molecular weight is 355 g/mol. The molecule has 0 saturated heterocycles. The van der Waals surface area contributed by atoms with Crippen molar-refractivity contribution >= 4 is 39.2 Å². The summed E-state index contributed by atoms with van der Waals surface area (Å²) in [4.78, 5) is 16.0. The van der Waals surface area contributed by atoms with E-state index in [4.69, 9.17) is 0 Å². The van der Waals surface area contributed by atoms with Crippen molar-refractivity contribution in [2.45, 2.75) is 30.6 Å². The van der Waals surface area contributed by atoms with Gasteiger partial charge in [0.2, 0.25) is 5.91 Å². The molecule has 0 atom stereocenters. The number of amidine groups is 1. The van der Waals surface area contributed by atoms with Crippen molar-refractivity contribution in [1.82, 2.24) is 4.72 Å². The van der Waals surface area contributed by atoms with Crippen LogP contribution < -0.4 is 10.0 Å². The van der Waals surface area contributed by atoms with Crippen LogP contribution in [-0.2, 0) is 14.8 Å². The maximum absolute atomic E-state index is 12.5. The fraction of sp³-hybridized carbons (Fsp3) is 0.467. The predicted molar refractivity (Wildman–Crippen MR) is 94.5 cm³/mol. The summed E-state index contributed by atoms with van der Waals surface area (Å²) in [6.07, 6.45) is 5.46. The van der Waals surface area contributed by atoms with E-state index in [1.807, 2.05) is 6.26 Å². The van der Waals surface area contributed by atoms with Crippen molar-refractivity contribution in [2.75, 3.05) is 23.9 Å². The van der Waals surface area contributed by atoms with Crippen molar-refractivity contribution in [3.05, 3.63) is 24.3 Å². The lowest BCUT2D eigenvalue weighted by Gasteiger charge is -2.11. The SMILES string of the molecule is CSCC(=O)Nc1cccc(S(=O)(=O)NC2=NCCCCC2)c1. The quantitative estimate of drug-likeness (QED) is 0.848. The molecule has 0 fully saturated rings. The molecule has 1 aliphatic rings. The Labute approximate surface area is 141 Å². The zero-order chi connectivity index (χ0) is 16.7. The van der Waals surface area contributed by atoms with Gasteiger partial charge in [0.1, 0.15) is 5.84 Å². The number of aliphatic imine (C=N–C) groups is 1. The molecule has 126 valence electrons. The highest BCUT2D eigenvalue weighted by atomic mass is 32.2. The average Bonchev–Trinajstić information content (AvgIpc) is 2.76. The number of sulfonamides is 1. The van der Waals surface area contributed by atoms with Crippen LogP contribution in [0.2, 0.25) is 0 Å². The van der Waals surface area contributed by atoms with Gasteiger partial charge in [0.05, 0.1) is 10.6 Å². The Hall–Kier alpha value is -1.54. The Morgan fingerprint density at radius 2 is 2.13 bits per heavy atom. The van der Waals surface area contributed by atoms with E-state index in [1.165, 1.54) is 23.9 Å². The number of hydrogen-bond acceptors (Lipinski definition) is 5. The zero-order valence-corrected chi connectivity index (χ0v) is 14.7. The van der Waals surface area contributed by atoms with E-state index in [-0.39, 0.29) is 10.8 Å². The van der Waals surface area contributed by atoms with Gasteiger partial charge in [0, 0.05) is 18.7 Å². The van der Waals surface area contributed by atoms with Crippen molar-refractivity contribution in [2.24, 2.45) is 4.99 Å². The Bertz CT molecular complexity index is 687. The number of amides is 1. The maximum atomic E-state index is 12.5. The van der Waals surface area contributed by atoms with E-state index in [0.717, 1.165) is 19.3 Å². The standard InChI is InChI=1S/C15H21N3O3S2/c1-22-11-15(19)17-12-6-5-7-13(10-12)23(20,21)18-14-8-3-2-4-9-16-14/h5-7,10H,2-4,8-9,11H2,1H3,(H,16,18)(H,17,19). The molecule has 0 spiro atoms. The third-order valence-corrected chi connectivity index (χ3v) is 5.26. The molecule has 0 radical (unpaired) electrons. The highest BCUT2D eigenvalue weighted by molar-refractivity contribution is 7.99. The van der Waals surface area contributed by atoms with E-state index in [1.54, 1.807) is 12.1 Å². The molecule has 2 rings (SSSR count). The number of rotatable bonds is 5. The lowest BCUT2D eigenvalue weighted by molar-refractivity contribution is -0.113. The second kappa shape index (κ2) is 8.35. The maximum Gasteiger partial charge on any atom is 0.262 e. The molecule has 1 aliphatic heterocycles. The fourth-order valence-corrected chi connectivity index (χ4v) is 3.71. The molecule has 0 aromatic heterocycles. The van der Waals surface area contributed by atoms with E-state index in [2.05, 4.69) is 15.0 Å². The minimum atomic E-state index is -3.68. The molecular formula is C15H21N3O3S2. The van der Waals surface area contributed by atoms with Crippen LogP contribution in [-0.4, -0.2) is 38.7 Å². The van der Waals surface area contributed by atoms with E-state index >= 15 is 0 Å². The van der Waals surface area contributed by atoms with Gasteiger partial charge in [-0.25, -0.2) is 8.42 Å². The first kappa shape index (κ1) is 17.8. The highest BCUT2D eigenvalue weighted by Crippen LogP contribution is 2.16. The summed E-state index contributed by atoms with van der Waals surface area (Å²) < 4.78 is 27.5. The third kappa shape index (κ3) is 5.54. The Balaban J connectivity index is 2.12. The number of carbonyl (C=O) groups is 1. The third-order valence-electron chi connectivity index (χ3n) is 3.33. The summed E-state index contributed by atoms with van der Waals surface area (Å²) >= 11 is 1.41. The van der Waals surface area contributed by atoms with E-state index in [9.17, 15) is 13.2 Å². The van der Waals surface area contributed by atoms with Crippen molar-refractivity contribution < 1.29 is 13.2 Å². The van der Waals surface area contributed by atoms with Crippen LogP contribution in [0.15, 0.2) is 34.2 Å². The molecule has 1 amide bonds. The van der Waals surface area contributed by atoms with Gasteiger partial charge < -0.3 is 5.32 Å². The van der Waals surface area contributed by atoms with Gasteiger partial charge >= 0.3 is 0 Å². The zero-order valence-electron chi connectivity index (χ0n) is 13.0. The topological polar surface area (TPSA) is 87.6 Å². The molecule has 1 aromatic carbocycles. The first-order valence-electron chi connectivity index (χ1n) is 7.46. The first-order valence-corrected chi connectivity index (χ1v) is 10.3. The van der Waals surface area contributed by atoms with Crippen LogP contribution in [0.5, 0.6) is 0 Å². The Morgan fingerprint density at radius 1 is 1.30 bits per heavy atom. The van der Waals surface area contributed by atoms with Gasteiger partial charge in [0.25, 0.3) is 10.0 Å².